The maximum atomic E-state index is 13.7. The van der Waals surface area contributed by atoms with Gasteiger partial charge in [-0.25, -0.2) is 0 Å². The van der Waals surface area contributed by atoms with Gasteiger partial charge in [-0.2, -0.15) is 0 Å². The van der Waals surface area contributed by atoms with Gasteiger partial charge in [-0.1, -0.05) is 42.0 Å². The minimum Gasteiger partial charge on any atom is -0.406 e. The molecule has 1 amide bonds. The largest absolute Gasteiger partial charge is 0.573 e. The average Bonchev–Trinajstić information content (AvgIpc) is 3.13. The maximum absolute atomic E-state index is 13.7. The molecule has 2 fully saturated rings. The predicted molar refractivity (Wildman–Crippen MR) is 137 cm³/mol. The van der Waals surface area contributed by atoms with Crippen molar-refractivity contribution in [2.24, 2.45) is 0 Å². The molecule has 1 heterocycles. The Morgan fingerprint density at radius 2 is 1.74 bits per heavy atom. The van der Waals surface area contributed by atoms with E-state index in [1.54, 1.807) is 19.9 Å². The summed E-state index contributed by atoms with van der Waals surface area (Å²) < 4.78 is 67.2. The first-order valence-electron chi connectivity index (χ1n) is 13.1. The summed E-state index contributed by atoms with van der Waals surface area (Å²) in [6.45, 7) is 9.51. The normalized spacial score (nSPS) is 26.3. The lowest BCUT2D eigenvalue weighted by atomic mass is 9.78. The van der Waals surface area contributed by atoms with Crippen LogP contribution in [0.3, 0.4) is 0 Å². The second kappa shape index (κ2) is 11.4. The molecule has 7 nitrogen and oxygen atoms in total. The van der Waals surface area contributed by atoms with Gasteiger partial charge < -0.3 is 29.0 Å². The number of alkyl halides is 3. The van der Waals surface area contributed by atoms with Gasteiger partial charge in [0.25, 0.3) is 5.91 Å². The highest BCUT2D eigenvalue weighted by atomic mass is 19.4. The molecule has 0 unspecified atom stereocenters. The van der Waals surface area contributed by atoms with E-state index in [1.807, 2.05) is 45.0 Å². The number of rotatable bonds is 9. The molecule has 0 radical (unpaired) electrons. The van der Waals surface area contributed by atoms with Gasteiger partial charge in [0.2, 0.25) is 0 Å². The standard InChI is InChI=1S/C29H36F3NO6/c1-18(2)33-26(34)28(36-17-20-9-6-8-19(3)12-20)14-23(25-24(15-28)38-27(4,5)39-25)35-16-21-10-7-11-22(13-21)37-29(30,31)32/h6-13,18,23-25H,14-17H2,1-5H3,(H,33,34)/t23-,24+,25-,28+/m0/s1. The predicted octanol–water partition coefficient (Wildman–Crippen LogP) is 5.57. The molecule has 2 aromatic carbocycles. The van der Waals surface area contributed by atoms with Crippen molar-refractivity contribution in [1.29, 1.82) is 0 Å². The molecule has 1 saturated heterocycles. The summed E-state index contributed by atoms with van der Waals surface area (Å²) in [6.07, 6.45) is -5.97. The minimum absolute atomic E-state index is 0.0213. The van der Waals surface area contributed by atoms with Crippen LogP contribution in [0.5, 0.6) is 5.75 Å². The van der Waals surface area contributed by atoms with Crippen molar-refractivity contribution in [2.45, 2.75) is 103 Å². The topological polar surface area (TPSA) is 75.3 Å². The number of halogens is 3. The number of ether oxygens (including phenoxy) is 5. The summed E-state index contributed by atoms with van der Waals surface area (Å²) in [5.74, 6) is -1.51. The van der Waals surface area contributed by atoms with Crippen LogP contribution in [0.4, 0.5) is 13.2 Å². The molecule has 4 rings (SSSR count). The Hall–Kier alpha value is -2.66. The molecular formula is C29H36F3NO6. The lowest BCUT2D eigenvalue weighted by Gasteiger charge is -2.43. The maximum Gasteiger partial charge on any atom is 0.573 e. The third kappa shape index (κ3) is 7.72. The van der Waals surface area contributed by atoms with Crippen molar-refractivity contribution >= 4 is 5.91 Å². The van der Waals surface area contributed by atoms with Gasteiger partial charge in [0, 0.05) is 18.9 Å². The van der Waals surface area contributed by atoms with Crippen LogP contribution in [0.25, 0.3) is 0 Å². The molecular weight excluding hydrogens is 515 g/mol. The van der Waals surface area contributed by atoms with Crippen LogP contribution >= 0.6 is 0 Å². The Labute approximate surface area is 226 Å². The number of nitrogens with one attached hydrogen (secondary N) is 1. The summed E-state index contributed by atoms with van der Waals surface area (Å²) in [5, 5.41) is 2.99. The molecule has 2 aliphatic rings. The number of aryl methyl sites for hydroxylation is 1. The van der Waals surface area contributed by atoms with E-state index < -0.39 is 36.1 Å². The first kappa shape index (κ1) is 29.3. The minimum atomic E-state index is -4.80. The second-order valence-corrected chi connectivity index (χ2v) is 11.0. The first-order chi connectivity index (χ1) is 18.2. The van der Waals surface area contributed by atoms with E-state index in [-0.39, 0.29) is 43.8 Å². The van der Waals surface area contributed by atoms with E-state index in [0.717, 1.165) is 11.1 Å². The van der Waals surface area contributed by atoms with E-state index in [2.05, 4.69) is 10.1 Å². The second-order valence-electron chi connectivity index (χ2n) is 11.0. The van der Waals surface area contributed by atoms with Crippen molar-refractivity contribution < 1.29 is 41.7 Å². The summed E-state index contributed by atoms with van der Waals surface area (Å²) in [4.78, 5) is 13.7. The van der Waals surface area contributed by atoms with Crippen LogP contribution in [-0.2, 0) is 37.0 Å². The van der Waals surface area contributed by atoms with Gasteiger partial charge in [-0.15, -0.1) is 13.2 Å². The van der Waals surface area contributed by atoms with Crippen LogP contribution in [-0.4, -0.2) is 48.0 Å². The quantitative estimate of drug-likeness (QED) is 0.439. The van der Waals surface area contributed by atoms with E-state index >= 15 is 0 Å². The summed E-state index contributed by atoms with van der Waals surface area (Å²) in [5.41, 5.74) is 1.21. The SMILES string of the molecule is Cc1cccc(CO[C@]2(C(=O)NC(C)C)C[C@H](OCc3cccc(OC(F)(F)F)c3)[C@@H]3OC(C)(C)O[C@@H]3C2)c1. The molecule has 1 saturated carbocycles. The van der Waals surface area contributed by atoms with E-state index in [9.17, 15) is 18.0 Å². The monoisotopic (exact) mass is 551 g/mol. The average molecular weight is 552 g/mol. The van der Waals surface area contributed by atoms with Crippen molar-refractivity contribution in [3.05, 3.63) is 65.2 Å². The van der Waals surface area contributed by atoms with Gasteiger partial charge in [-0.05, 0) is 57.9 Å². The van der Waals surface area contributed by atoms with Gasteiger partial charge >= 0.3 is 6.36 Å². The number of benzene rings is 2. The van der Waals surface area contributed by atoms with Crippen LogP contribution in [0, 0.1) is 6.92 Å². The van der Waals surface area contributed by atoms with E-state index in [0.29, 0.717) is 5.56 Å². The van der Waals surface area contributed by atoms with Gasteiger partial charge in [-0.3, -0.25) is 4.79 Å². The molecule has 0 bridgehead atoms. The molecule has 0 aromatic heterocycles. The molecule has 1 aliphatic heterocycles. The first-order valence-corrected chi connectivity index (χ1v) is 13.1. The zero-order valence-electron chi connectivity index (χ0n) is 22.8. The van der Waals surface area contributed by atoms with Crippen LogP contribution in [0.15, 0.2) is 48.5 Å². The molecule has 10 heteroatoms. The summed E-state index contributed by atoms with van der Waals surface area (Å²) in [6, 6.07) is 13.4. The van der Waals surface area contributed by atoms with Gasteiger partial charge in [0.05, 0.1) is 25.4 Å². The fraction of sp³-hybridized carbons (Fsp3) is 0.552. The molecule has 0 spiro atoms. The highest BCUT2D eigenvalue weighted by Crippen LogP contribution is 2.44. The molecule has 1 N–H and O–H groups in total. The Morgan fingerprint density at radius 3 is 2.41 bits per heavy atom. The van der Waals surface area contributed by atoms with Crippen LogP contribution < -0.4 is 10.1 Å². The fourth-order valence-corrected chi connectivity index (χ4v) is 5.16. The third-order valence-electron chi connectivity index (χ3n) is 6.68. The number of amides is 1. The highest BCUT2D eigenvalue weighted by molar-refractivity contribution is 5.85. The van der Waals surface area contributed by atoms with Crippen molar-refractivity contribution in [2.75, 3.05) is 0 Å². The lowest BCUT2D eigenvalue weighted by molar-refractivity contribution is -0.274. The van der Waals surface area contributed by atoms with Crippen molar-refractivity contribution in [3.63, 3.8) is 0 Å². The number of carbonyl (C=O) groups is 1. The molecule has 39 heavy (non-hydrogen) atoms. The van der Waals surface area contributed by atoms with Gasteiger partial charge in [0.1, 0.15) is 11.9 Å². The summed E-state index contributed by atoms with van der Waals surface area (Å²) in [7, 11) is 0. The Bertz CT molecular complexity index is 1150. The lowest BCUT2D eigenvalue weighted by Crippen LogP contribution is -2.60. The summed E-state index contributed by atoms with van der Waals surface area (Å²) >= 11 is 0. The van der Waals surface area contributed by atoms with Crippen molar-refractivity contribution in [1.82, 2.24) is 5.32 Å². The molecule has 214 valence electrons. The number of carbonyl (C=O) groups excluding carboxylic acids is 1. The van der Waals surface area contributed by atoms with E-state index in [4.69, 9.17) is 18.9 Å². The molecule has 1 aliphatic carbocycles. The highest BCUT2D eigenvalue weighted by Gasteiger charge is 2.58. The van der Waals surface area contributed by atoms with Crippen LogP contribution in [0.2, 0.25) is 0 Å². The fourth-order valence-electron chi connectivity index (χ4n) is 5.16. The Morgan fingerprint density at radius 1 is 1.05 bits per heavy atom. The number of hydrogen-bond donors (Lipinski definition) is 1. The Balaban J connectivity index is 1.59. The zero-order valence-corrected chi connectivity index (χ0v) is 22.8. The third-order valence-corrected chi connectivity index (χ3v) is 6.68. The van der Waals surface area contributed by atoms with E-state index in [1.165, 1.54) is 18.2 Å². The smallest absolute Gasteiger partial charge is 0.406 e. The molecule has 4 atom stereocenters. The van der Waals surface area contributed by atoms with Crippen LogP contribution in [0.1, 0.15) is 57.2 Å². The number of fused-ring (bicyclic) bond motifs is 1. The molecule has 2 aromatic rings. The zero-order chi connectivity index (χ0) is 28.4. The number of hydrogen-bond acceptors (Lipinski definition) is 6. The van der Waals surface area contributed by atoms with Gasteiger partial charge in [0.15, 0.2) is 11.4 Å². The van der Waals surface area contributed by atoms with Crippen molar-refractivity contribution in [3.8, 4) is 5.75 Å². The Kier molecular flexibility index (Phi) is 8.61.